The van der Waals surface area contributed by atoms with Crippen molar-refractivity contribution in [3.8, 4) is 0 Å². The molecule has 1 amide bonds. The summed E-state index contributed by atoms with van der Waals surface area (Å²) in [6, 6.07) is 15.5. The molecule has 1 aliphatic rings. The van der Waals surface area contributed by atoms with Crippen molar-refractivity contribution in [2.24, 2.45) is 0 Å². The van der Waals surface area contributed by atoms with Gasteiger partial charge in [0.05, 0.1) is 5.41 Å². The Labute approximate surface area is 118 Å². The van der Waals surface area contributed by atoms with Crippen molar-refractivity contribution < 1.29 is 4.79 Å². The first kappa shape index (κ1) is 12.7. The molecule has 1 fully saturated rings. The van der Waals surface area contributed by atoms with E-state index in [4.69, 9.17) is 5.73 Å². The molecule has 102 valence electrons. The highest BCUT2D eigenvalue weighted by atomic mass is 16.2. The summed E-state index contributed by atoms with van der Waals surface area (Å²) in [6.45, 7) is 2.03. The van der Waals surface area contributed by atoms with E-state index in [-0.39, 0.29) is 11.3 Å². The summed E-state index contributed by atoms with van der Waals surface area (Å²) in [6.07, 6.45) is 1.79. The van der Waals surface area contributed by atoms with Crippen molar-refractivity contribution in [2.45, 2.75) is 25.2 Å². The van der Waals surface area contributed by atoms with Crippen LogP contribution >= 0.6 is 0 Å². The Morgan fingerprint density at radius 1 is 1.05 bits per heavy atom. The van der Waals surface area contributed by atoms with Crippen LogP contribution < -0.4 is 11.1 Å². The predicted molar refractivity (Wildman–Crippen MR) is 81.6 cm³/mol. The number of aryl methyl sites for hydroxylation is 1. The topological polar surface area (TPSA) is 55.1 Å². The monoisotopic (exact) mass is 266 g/mol. The van der Waals surface area contributed by atoms with Crippen molar-refractivity contribution in [3.63, 3.8) is 0 Å². The number of carbonyl (C=O) groups is 1. The van der Waals surface area contributed by atoms with Crippen LogP contribution in [0.15, 0.2) is 48.5 Å². The van der Waals surface area contributed by atoms with Crippen LogP contribution in [-0.4, -0.2) is 5.91 Å². The molecule has 20 heavy (non-hydrogen) atoms. The Balaban J connectivity index is 1.79. The van der Waals surface area contributed by atoms with Gasteiger partial charge in [-0.1, -0.05) is 29.8 Å². The molecule has 3 N–H and O–H groups in total. The van der Waals surface area contributed by atoms with E-state index in [2.05, 4.69) is 5.32 Å². The van der Waals surface area contributed by atoms with Gasteiger partial charge in [-0.15, -0.1) is 0 Å². The van der Waals surface area contributed by atoms with Gasteiger partial charge in [0, 0.05) is 11.4 Å². The lowest BCUT2D eigenvalue weighted by Gasteiger charge is -2.16. The summed E-state index contributed by atoms with van der Waals surface area (Å²) >= 11 is 0. The van der Waals surface area contributed by atoms with E-state index in [1.807, 2.05) is 55.5 Å². The lowest BCUT2D eigenvalue weighted by Crippen LogP contribution is -2.27. The van der Waals surface area contributed by atoms with Crippen LogP contribution in [0, 0.1) is 6.92 Å². The summed E-state index contributed by atoms with van der Waals surface area (Å²) in [5.74, 6) is 0.0751. The number of nitrogen functional groups attached to an aromatic ring is 1. The van der Waals surface area contributed by atoms with E-state index in [1.165, 1.54) is 5.56 Å². The lowest BCUT2D eigenvalue weighted by molar-refractivity contribution is -0.118. The Hall–Kier alpha value is -2.29. The number of carbonyl (C=O) groups excluding carboxylic acids is 1. The highest BCUT2D eigenvalue weighted by Gasteiger charge is 2.51. The smallest absolute Gasteiger partial charge is 0.235 e. The van der Waals surface area contributed by atoms with Crippen molar-refractivity contribution in [1.82, 2.24) is 0 Å². The third-order valence-electron chi connectivity index (χ3n) is 3.96. The van der Waals surface area contributed by atoms with Crippen LogP contribution in [-0.2, 0) is 10.2 Å². The standard InChI is InChI=1S/C17H18N2O/c1-12-2-8-15(9-3-12)19-16(20)17(10-11-17)13-4-6-14(18)7-5-13/h2-9H,10-11,18H2,1H3,(H,19,20). The highest BCUT2D eigenvalue weighted by molar-refractivity contribution is 6.01. The SMILES string of the molecule is Cc1ccc(NC(=O)C2(c3ccc(N)cc3)CC2)cc1. The molecule has 3 rings (SSSR count). The molecule has 0 aliphatic heterocycles. The number of anilines is 2. The third kappa shape index (κ3) is 2.27. The fourth-order valence-electron chi connectivity index (χ4n) is 2.46. The number of hydrogen-bond acceptors (Lipinski definition) is 2. The molecule has 0 saturated heterocycles. The number of benzene rings is 2. The molecule has 0 aromatic heterocycles. The molecular weight excluding hydrogens is 248 g/mol. The Bertz CT molecular complexity index is 625. The molecule has 0 heterocycles. The minimum atomic E-state index is -0.363. The van der Waals surface area contributed by atoms with E-state index in [1.54, 1.807) is 0 Å². The van der Waals surface area contributed by atoms with Crippen LogP contribution in [0.3, 0.4) is 0 Å². The normalized spacial score (nSPS) is 15.7. The maximum absolute atomic E-state index is 12.5. The second kappa shape index (κ2) is 4.67. The van der Waals surface area contributed by atoms with Crippen LogP contribution in [0.1, 0.15) is 24.0 Å². The second-order valence-electron chi connectivity index (χ2n) is 5.52. The van der Waals surface area contributed by atoms with Crippen LogP contribution in [0.2, 0.25) is 0 Å². The first-order valence-corrected chi connectivity index (χ1v) is 6.84. The highest BCUT2D eigenvalue weighted by Crippen LogP contribution is 2.49. The van der Waals surface area contributed by atoms with Crippen molar-refractivity contribution in [2.75, 3.05) is 11.1 Å². The molecule has 2 aromatic carbocycles. The van der Waals surface area contributed by atoms with E-state index in [9.17, 15) is 4.79 Å². The summed E-state index contributed by atoms with van der Waals surface area (Å²) < 4.78 is 0. The summed E-state index contributed by atoms with van der Waals surface area (Å²) in [4.78, 5) is 12.5. The van der Waals surface area contributed by atoms with Gasteiger partial charge < -0.3 is 11.1 Å². The quantitative estimate of drug-likeness (QED) is 0.838. The van der Waals surface area contributed by atoms with Crippen LogP contribution in [0.5, 0.6) is 0 Å². The molecular formula is C17H18N2O. The maximum atomic E-state index is 12.5. The molecule has 0 unspecified atom stereocenters. The van der Waals surface area contributed by atoms with Gasteiger partial charge >= 0.3 is 0 Å². The van der Waals surface area contributed by atoms with Crippen molar-refractivity contribution in [3.05, 3.63) is 59.7 Å². The van der Waals surface area contributed by atoms with E-state index < -0.39 is 0 Å². The summed E-state index contributed by atoms with van der Waals surface area (Å²) in [5.41, 5.74) is 9.15. The lowest BCUT2D eigenvalue weighted by atomic mass is 9.94. The number of amides is 1. The first-order valence-electron chi connectivity index (χ1n) is 6.84. The van der Waals surface area contributed by atoms with E-state index >= 15 is 0 Å². The average Bonchev–Trinajstić information content (AvgIpc) is 3.24. The molecule has 0 spiro atoms. The molecule has 1 aliphatic carbocycles. The Morgan fingerprint density at radius 3 is 2.20 bits per heavy atom. The van der Waals surface area contributed by atoms with Crippen LogP contribution in [0.4, 0.5) is 11.4 Å². The van der Waals surface area contributed by atoms with Gasteiger partial charge in [-0.2, -0.15) is 0 Å². The molecule has 1 saturated carbocycles. The molecule has 0 atom stereocenters. The minimum Gasteiger partial charge on any atom is -0.399 e. The molecule has 0 bridgehead atoms. The fourth-order valence-corrected chi connectivity index (χ4v) is 2.46. The fraction of sp³-hybridized carbons (Fsp3) is 0.235. The Morgan fingerprint density at radius 2 is 1.65 bits per heavy atom. The molecule has 0 radical (unpaired) electrons. The minimum absolute atomic E-state index is 0.0751. The first-order chi connectivity index (χ1) is 9.60. The van der Waals surface area contributed by atoms with Crippen molar-refractivity contribution >= 4 is 17.3 Å². The van der Waals surface area contributed by atoms with Gasteiger partial charge in [-0.3, -0.25) is 4.79 Å². The molecule has 2 aromatic rings. The maximum Gasteiger partial charge on any atom is 0.235 e. The summed E-state index contributed by atoms with van der Waals surface area (Å²) in [7, 11) is 0. The summed E-state index contributed by atoms with van der Waals surface area (Å²) in [5, 5.41) is 3.01. The van der Waals surface area contributed by atoms with Gasteiger partial charge in [0.25, 0.3) is 0 Å². The zero-order chi connectivity index (χ0) is 14.2. The van der Waals surface area contributed by atoms with Gasteiger partial charge in [0.2, 0.25) is 5.91 Å². The van der Waals surface area contributed by atoms with Gasteiger partial charge in [0.1, 0.15) is 0 Å². The zero-order valence-corrected chi connectivity index (χ0v) is 11.5. The number of rotatable bonds is 3. The van der Waals surface area contributed by atoms with Gasteiger partial charge in [0.15, 0.2) is 0 Å². The van der Waals surface area contributed by atoms with E-state index in [0.29, 0.717) is 0 Å². The average molecular weight is 266 g/mol. The van der Waals surface area contributed by atoms with Gasteiger partial charge in [-0.25, -0.2) is 0 Å². The zero-order valence-electron chi connectivity index (χ0n) is 11.5. The second-order valence-corrected chi connectivity index (χ2v) is 5.52. The van der Waals surface area contributed by atoms with Gasteiger partial charge in [-0.05, 0) is 49.6 Å². The largest absolute Gasteiger partial charge is 0.399 e. The van der Waals surface area contributed by atoms with Crippen LogP contribution in [0.25, 0.3) is 0 Å². The number of nitrogens with two attached hydrogens (primary N) is 1. The predicted octanol–water partition coefficient (Wildman–Crippen LogP) is 3.25. The number of nitrogens with one attached hydrogen (secondary N) is 1. The van der Waals surface area contributed by atoms with E-state index in [0.717, 1.165) is 29.8 Å². The molecule has 3 heteroatoms. The Kier molecular flexibility index (Phi) is 2.97. The van der Waals surface area contributed by atoms with Crippen molar-refractivity contribution in [1.29, 1.82) is 0 Å². The number of hydrogen-bond donors (Lipinski definition) is 2. The third-order valence-corrected chi connectivity index (χ3v) is 3.96. The molecule has 3 nitrogen and oxygen atoms in total.